The lowest BCUT2D eigenvalue weighted by atomic mass is 9.98. The molecular weight excluding hydrogens is 419 g/mol. The number of rotatable bonds is 4. The molecule has 1 N–H and O–H groups in total. The summed E-state index contributed by atoms with van der Waals surface area (Å²) in [6, 6.07) is 21.5. The lowest BCUT2D eigenvalue weighted by molar-refractivity contribution is -0.274. The first-order valence-electron chi connectivity index (χ1n) is 9.85. The summed E-state index contributed by atoms with van der Waals surface area (Å²) in [7, 11) is 0. The summed E-state index contributed by atoms with van der Waals surface area (Å²) in [6.07, 6.45) is -5.46. The topological polar surface area (TPSA) is 47.6 Å². The molecule has 0 atom stereocenters. The molecule has 0 radical (unpaired) electrons. The highest BCUT2D eigenvalue weighted by atomic mass is 19.4. The minimum absolute atomic E-state index is 0.0642. The van der Waals surface area contributed by atoms with Crippen LogP contribution in [-0.4, -0.2) is 25.6 Å². The SMILES string of the molecule is O=C(NCC#Cc1ccccc1OC(F)(F)F)OCC1c2ccccc2-c2ccccc21. The van der Waals surface area contributed by atoms with E-state index in [0.29, 0.717) is 0 Å². The molecule has 7 heteroatoms. The van der Waals surface area contributed by atoms with E-state index in [-0.39, 0.29) is 24.6 Å². The van der Waals surface area contributed by atoms with E-state index in [0.717, 1.165) is 22.3 Å². The van der Waals surface area contributed by atoms with Gasteiger partial charge in [0.15, 0.2) is 0 Å². The van der Waals surface area contributed by atoms with Crippen molar-refractivity contribution in [1.82, 2.24) is 5.32 Å². The minimum atomic E-state index is -4.81. The number of amides is 1. The average molecular weight is 437 g/mol. The molecule has 0 saturated heterocycles. The van der Waals surface area contributed by atoms with Crippen molar-refractivity contribution < 1.29 is 27.4 Å². The molecule has 1 amide bonds. The van der Waals surface area contributed by atoms with Gasteiger partial charge in [-0.3, -0.25) is 0 Å². The second kappa shape index (κ2) is 9.06. The predicted octanol–water partition coefficient (Wildman–Crippen LogP) is 5.48. The Hall–Kier alpha value is -3.92. The number of fused-ring (bicyclic) bond motifs is 3. The van der Waals surface area contributed by atoms with Gasteiger partial charge in [-0.1, -0.05) is 72.5 Å². The normalized spacial score (nSPS) is 12.2. The largest absolute Gasteiger partial charge is 0.573 e. The van der Waals surface area contributed by atoms with Crippen molar-refractivity contribution in [3.63, 3.8) is 0 Å². The van der Waals surface area contributed by atoms with Crippen molar-refractivity contribution >= 4 is 6.09 Å². The molecule has 3 aromatic rings. The van der Waals surface area contributed by atoms with Crippen LogP contribution in [0.25, 0.3) is 11.1 Å². The molecule has 1 aliphatic carbocycles. The summed E-state index contributed by atoms with van der Waals surface area (Å²) in [5.74, 6) is 4.72. The van der Waals surface area contributed by atoms with Crippen LogP contribution in [0, 0.1) is 11.8 Å². The molecule has 0 bridgehead atoms. The zero-order valence-corrected chi connectivity index (χ0v) is 16.8. The molecule has 0 saturated carbocycles. The lowest BCUT2D eigenvalue weighted by Gasteiger charge is -2.14. The van der Waals surface area contributed by atoms with E-state index in [9.17, 15) is 18.0 Å². The van der Waals surface area contributed by atoms with E-state index in [1.165, 1.54) is 18.2 Å². The maximum absolute atomic E-state index is 12.5. The molecule has 0 aromatic heterocycles. The number of alkyl carbamates (subject to hydrolysis) is 1. The van der Waals surface area contributed by atoms with Crippen LogP contribution in [0.15, 0.2) is 72.8 Å². The number of alkyl halides is 3. The van der Waals surface area contributed by atoms with E-state index in [4.69, 9.17) is 4.74 Å². The van der Waals surface area contributed by atoms with E-state index in [1.54, 1.807) is 6.07 Å². The molecule has 0 heterocycles. The molecule has 1 aliphatic rings. The van der Waals surface area contributed by atoms with Crippen molar-refractivity contribution in [3.8, 4) is 28.7 Å². The van der Waals surface area contributed by atoms with Crippen molar-refractivity contribution in [2.45, 2.75) is 12.3 Å². The van der Waals surface area contributed by atoms with Gasteiger partial charge in [-0.25, -0.2) is 4.79 Å². The van der Waals surface area contributed by atoms with Gasteiger partial charge in [0.25, 0.3) is 0 Å². The number of benzene rings is 3. The number of ether oxygens (including phenoxy) is 2. The van der Waals surface area contributed by atoms with Gasteiger partial charge >= 0.3 is 12.5 Å². The third-order valence-electron chi connectivity index (χ3n) is 5.00. The van der Waals surface area contributed by atoms with Gasteiger partial charge in [-0.2, -0.15) is 0 Å². The molecule has 4 rings (SSSR count). The van der Waals surface area contributed by atoms with Crippen LogP contribution in [0.1, 0.15) is 22.6 Å². The number of carbonyl (C=O) groups is 1. The fraction of sp³-hybridized carbons (Fsp3) is 0.160. The highest BCUT2D eigenvalue weighted by Gasteiger charge is 2.32. The minimum Gasteiger partial charge on any atom is -0.449 e. The van der Waals surface area contributed by atoms with E-state index in [1.807, 2.05) is 48.5 Å². The van der Waals surface area contributed by atoms with Crippen LogP contribution in [0.2, 0.25) is 0 Å². The van der Waals surface area contributed by atoms with Gasteiger partial charge in [0.05, 0.1) is 12.1 Å². The first kappa shape index (κ1) is 21.3. The molecule has 0 unspecified atom stereocenters. The summed E-state index contributed by atoms with van der Waals surface area (Å²) >= 11 is 0. The second-order valence-electron chi connectivity index (χ2n) is 7.02. The number of nitrogens with one attached hydrogen (secondary N) is 1. The Morgan fingerprint density at radius 2 is 1.50 bits per heavy atom. The summed E-state index contributed by atoms with van der Waals surface area (Å²) in [6.45, 7) is 0.0760. The molecule has 0 spiro atoms. The first-order chi connectivity index (χ1) is 15.4. The van der Waals surface area contributed by atoms with Crippen molar-refractivity contribution in [3.05, 3.63) is 89.5 Å². The molecular formula is C25H18F3NO3. The number of para-hydroxylation sites is 1. The summed E-state index contributed by atoms with van der Waals surface area (Å²) in [5.41, 5.74) is 4.52. The number of halogens is 3. The molecule has 4 nitrogen and oxygen atoms in total. The Kier molecular flexibility index (Phi) is 6.04. The third-order valence-corrected chi connectivity index (χ3v) is 5.00. The number of hydrogen-bond acceptors (Lipinski definition) is 3. The van der Waals surface area contributed by atoms with Crippen molar-refractivity contribution in [2.75, 3.05) is 13.2 Å². The fourth-order valence-electron chi connectivity index (χ4n) is 3.69. The Morgan fingerprint density at radius 1 is 0.906 bits per heavy atom. The number of hydrogen-bond donors (Lipinski definition) is 1. The Balaban J connectivity index is 1.34. The van der Waals surface area contributed by atoms with Crippen LogP contribution >= 0.6 is 0 Å². The average Bonchev–Trinajstić information content (AvgIpc) is 3.09. The molecule has 3 aromatic carbocycles. The second-order valence-corrected chi connectivity index (χ2v) is 7.02. The first-order valence-corrected chi connectivity index (χ1v) is 9.85. The van der Waals surface area contributed by atoms with Gasteiger partial charge in [0, 0.05) is 5.92 Å². The van der Waals surface area contributed by atoms with E-state index < -0.39 is 18.2 Å². The molecule has 162 valence electrons. The van der Waals surface area contributed by atoms with Crippen molar-refractivity contribution in [1.29, 1.82) is 0 Å². The Bertz CT molecular complexity index is 1150. The molecule has 32 heavy (non-hydrogen) atoms. The Labute approximate surface area is 183 Å². The third kappa shape index (κ3) is 4.86. The quantitative estimate of drug-likeness (QED) is 0.551. The predicted molar refractivity (Wildman–Crippen MR) is 113 cm³/mol. The zero-order chi connectivity index (χ0) is 22.6. The Morgan fingerprint density at radius 3 is 2.16 bits per heavy atom. The van der Waals surface area contributed by atoms with Gasteiger partial charge in [-0.15, -0.1) is 13.2 Å². The van der Waals surface area contributed by atoms with E-state index >= 15 is 0 Å². The van der Waals surface area contributed by atoms with Gasteiger partial charge in [0.1, 0.15) is 12.4 Å². The van der Waals surface area contributed by atoms with Crippen LogP contribution in [0.5, 0.6) is 5.75 Å². The van der Waals surface area contributed by atoms with Gasteiger partial charge in [0.2, 0.25) is 0 Å². The summed E-state index contributed by atoms with van der Waals surface area (Å²) < 4.78 is 46.7. The molecule has 0 aliphatic heterocycles. The smallest absolute Gasteiger partial charge is 0.449 e. The van der Waals surface area contributed by atoms with Crippen LogP contribution in [0.4, 0.5) is 18.0 Å². The van der Waals surface area contributed by atoms with Crippen LogP contribution in [-0.2, 0) is 4.74 Å². The fourth-order valence-corrected chi connectivity index (χ4v) is 3.69. The maximum Gasteiger partial charge on any atom is 0.573 e. The molecule has 0 fully saturated rings. The summed E-state index contributed by atoms with van der Waals surface area (Å²) in [5, 5.41) is 2.49. The van der Waals surface area contributed by atoms with Crippen LogP contribution in [0.3, 0.4) is 0 Å². The van der Waals surface area contributed by atoms with E-state index in [2.05, 4.69) is 21.9 Å². The standard InChI is InChI=1S/C25H18F3NO3/c26-25(27,28)32-23-14-6-1-8-17(23)9-7-15-29-24(30)31-16-22-20-12-4-2-10-18(20)19-11-3-5-13-21(19)22/h1-6,8,10-14,22H,15-16H2,(H,29,30). The van der Waals surface area contributed by atoms with Gasteiger partial charge < -0.3 is 14.8 Å². The zero-order valence-electron chi connectivity index (χ0n) is 16.8. The van der Waals surface area contributed by atoms with Crippen LogP contribution < -0.4 is 10.1 Å². The summed E-state index contributed by atoms with van der Waals surface area (Å²) in [4.78, 5) is 12.1. The maximum atomic E-state index is 12.5. The highest BCUT2D eigenvalue weighted by Crippen LogP contribution is 2.44. The monoisotopic (exact) mass is 437 g/mol. The lowest BCUT2D eigenvalue weighted by Crippen LogP contribution is -2.26. The highest BCUT2D eigenvalue weighted by molar-refractivity contribution is 5.79. The van der Waals surface area contributed by atoms with Gasteiger partial charge in [-0.05, 0) is 34.4 Å². The number of carbonyl (C=O) groups excluding carboxylic acids is 1. The van der Waals surface area contributed by atoms with Crippen molar-refractivity contribution in [2.24, 2.45) is 0 Å².